The molecule has 0 unspecified atom stereocenters. The van der Waals surface area contributed by atoms with Crippen LogP contribution in [0.3, 0.4) is 0 Å². The highest BCUT2D eigenvalue weighted by molar-refractivity contribution is 7.80. The second-order valence-electron chi connectivity index (χ2n) is 9.27. The zero-order chi connectivity index (χ0) is 25.4. The fourth-order valence-corrected chi connectivity index (χ4v) is 5.85. The third-order valence-electron chi connectivity index (χ3n) is 7.16. The van der Waals surface area contributed by atoms with Gasteiger partial charge in [-0.2, -0.15) is 0 Å². The van der Waals surface area contributed by atoms with Gasteiger partial charge in [-0.3, -0.25) is 4.98 Å². The summed E-state index contributed by atoms with van der Waals surface area (Å²) in [5.41, 5.74) is 9.39. The molecule has 5 rings (SSSR count). The van der Waals surface area contributed by atoms with Crippen molar-refractivity contribution in [1.82, 2.24) is 14.9 Å². The fourth-order valence-electron chi connectivity index (χ4n) is 5.52. The van der Waals surface area contributed by atoms with E-state index in [-0.39, 0.29) is 12.1 Å². The molecule has 0 radical (unpaired) electrons. The number of hydrogen-bond donors (Lipinski definition) is 1. The van der Waals surface area contributed by atoms with E-state index in [4.69, 9.17) is 21.9 Å². The van der Waals surface area contributed by atoms with E-state index in [0.717, 1.165) is 23.6 Å². The van der Waals surface area contributed by atoms with Crippen molar-refractivity contribution in [2.45, 2.75) is 46.2 Å². The Morgan fingerprint density at radius 1 is 1.00 bits per heavy atom. The lowest BCUT2D eigenvalue weighted by Crippen LogP contribution is -2.30. The Morgan fingerprint density at radius 2 is 1.78 bits per heavy atom. The highest BCUT2D eigenvalue weighted by Crippen LogP contribution is 2.46. The minimum absolute atomic E-state index is 0.0993. The average molecular weight is 497 g/mol. The van der Waals surface area contributed by atoms with Crippen LogP contribution in [0.15, 0.2) is 72.9 Å². The molecule has 36 heavy (non-hydrogen) atoms. The van der Waals surface area contributed by atoms with Crippen LogP contribution in [0.1, 0.15) is 52.8 Å². The van der Waals surface area contributed by atoms with E-state index in [1.165, 1.54) is 33.8 Å². The van der Waals surface area contributed by atoms with Gasteiger partial charge in [0.05, 0.1) is 36.3 Å². The van der Waals surface area contributed by atoms with Crippen LogP contribution in [0.4, 0.5) is 5.69 Å². The molecular formula is C30H32N4OS. The minimum Gasteiger partial charge on any atom is -0.495 e. The van der Waals surface area contributed by atoms with Crippen molar-refractivity contribution in [3.8, 4) is 11.4 Å². The highest BCUT2D eigenvalue weighted by atomic mass is 32.1. The first-order valence-electron chi connectivity index (χ1n) is 12.4. The zero-order valence-electron chi connectivity index (χ0n) is 21.4. The van der Waals surface area contributed by atoms with Crippen molar-refractivity contribution in [3.63, 3.8) is 0 Å². The van der Waals surface area contributed by atoms with Gasteiger partial charge in [-0.25, -0.2) is 0 Å². The van der Waals surface area contributed by atoms with E-state index < -0.39 is 0 Å². The molecule has 0 amide bonds. The molecule has 0 aliphatic carbocycles. The van der Waals surface area contributed by atoms with E-state index in [2.05, 4.69) is 78.9 Å². The number of methoxy groups -OCH3 is 1. The number of pyridine rings is 1. The van der Waals surface area contributed by atoms with Gasteiger partial charge in [0.15, 0.2) is 5.11 Å². The zero-order valence-corrected chi connectivity index (χ0v) is 22.3. The predicted molar refractivity (Wildman–Crippen MR) is 150 cm³/mol. The van der Waals surface area contributed by atoms with Crippen LogP contribution in [0.5, 0.6) is 5.75 Å². The first-order valence-corrected chi connectivity index (χ1v) is 12.8. The Bertz CT molecular complexity index is 1410. The number of aryl methyl sites for hydroxylation is 3. The first-order chi connectivity index (χ1) is 17.5. The lowest BCUT2D eigenvalue weighted by atomic mass is 9.96. The largest absolute Gasteiger partial charge is 0.495 e. The average Bonchev–Trinajstić information content (AvgIpc) is 3.39. The molecule has 1 saturated heterocycles. The summed E-state index contributed by atoms with van der Waals surface area (Å²) in [4.78, 5) is 6.91. The van der Waals surface area contributed by atoms with E-state index in [0.29, 0.717) is 5.11 Å². The molecule has 1 aliphatic rings. The van der Waals surface area contributed by atoms with E-state index in [1.807, 2.05) is 36.5 Å². The summed E-state index contributed by atoms with van der Waals surface area (Å²) in [6, 6.07) is 22.7. The van der Waals surface area contributed by atoms with E-state index in [1.54, 1.807) is 7.11 Å². The summed E-state index contributed by atoms with van der Waals surface area (Å²) < 4.78 is 8.16. The van der Waals surface area contributed by atoms with Gasteiger partial charge >= 0.3 is 0 Å². The normalized spacial score (nSPS) is 17.4. The monoisotopic (exact) mass is 496 g/mol. The third-order valence-corrected chi connectivity index (χ3v) is 7.47. The van der Waals surface area contributed by atoms with Crippen molar-refractivity contribution < 1.29 is 4.74 Å². The molecule has 2 atom stereocenters. The number of hydrogen-bond acceptors (Lipinski definition) is 3. The quantitative estimate of drug-likeness (QED) is 0.307. The Balaban J connectivity index is 1.73. The number of rotatable bonds is 6. The summed E-state index contributed by atoms with van der Waals surface area (Å²) in [5, 5.41) is 4.24. The molecule has 0 spiro atoms. The highest BCUT2D eigenvalue weighted by Gasteiger charge is 2.43. The lowest BCUT2D eigenvalue weighted by molar-refractivity contribution is 0.414. The van der Waals surface area contributed by atoms with Crippen LogP contribution < -0.4 is 15.0 Å². The van der Waals surface area contributed by atoms with Gasteiger partial charge in [-0.05, 0) is 86.4 Å². The molecule has 0 saturated carbocycles. The molecule has 6 heteroatoms. The van der Waals surface area contributed by atoms with Crippen molar-refractivity contribution in [3.05, 3.63) is 107 Å². The predicted octanol–water partition coefficient (Wildman–Crippen LogP) is 6.55. The van der Waals surface area contributed by atoms with Gasteiger partial charge in [0.1, 0.15) is 5.75 Å². The number of anilines is 1. The van der Waals surface area contributed by atoms with Crippen LogP contribution in [0.25, 0.3) is 5.69 Å². The Hall–Kier alpha value is -3.64. The first kappa shape index (κ1) is 24.1. The van der Waals surface area contributed by atoms with Gasteiger partial charge in [0.25, 0.3) is 0 Å². The lowest BCUT2D eigenvalue weighted by Gasteiger charge is -2.29. The molecule has 1 N–H and O–H groups in total. The second kappa shape index (κ2) is 9.78. The van der Waals surface area contributed by atoms with Crippen LogP contribution in [0, 0.1) is 20.8 Å². The van der Waals surface area contributed by atoms with E-state index in [9.17, 15) is 0 Å². The van der Waals surface area contributed by atoms with Gasteiger partial charge in [-0.1, -0.05) is 43.3 Å². The maximum absolute atomic E-state index is 5.95. The van der Waals surface area contributed by atoms with Crippen molar-refractivity contribution in [2.24, 2.45) is 0 Å². The molecular weight excluding hydrogens is 464 g/mol. The molecule has 2 aromatic heterocycles. The number of benzene rings is 2. The molecule has 5 nitrogen and oxygen atoms in total. The maximum Gasteiger partial charge on any atom is 0.174 e. The van der Waals surface area contributed by atoms with Crippen molar-refractivity contribution >= 4 is 23.0 Å². The van der Waals surface area contributed by atoms with Crippen LogP contribution in [0.2, 0.25) is 0 Å². The maximum atomic E-state index is 5.95. The number of nitrogens with one attached hydrogen (secondary N) is 1. The topological polar surface area (TPSA) is 42.3 Å². The van der Waals surface area contributed by atoms with E-state index >= 15 is 0 Å². The summed E-state index contributed by atoms with van der Waals surface area (Å²) in [5.74, 6) is 0.786. The van der Waals surface area contributed by atoms with Crippen molar-refractivity contribution in [1.29, 1.82) is 0 Å². The molecule has 3 heterocycles. The van der Waals surface area contributed by atoms with Gasteiger partial charge in [0.2, 0.25) is 0 Å². The van der Waals surface area contributed by atoms with Crippen LogP contribution in [-0.4, -0.2) is 21.8 Å². The molecule has 2 aromatic carbocycles. The number of nitrogens with zero attached hydrogens (tertiary/aromatic N) is 3. The fraction of sp³-hybridized carbons (Fsp3) is 0.267. The number of aromatic nitrogens is 2. The van der Waals surface area contributed by atoms with Crippen LogP contribution in [-0.2, 0) is 6.42 Å². The van der Waals surface area contributed by atoms with Gasteiger partial charge in [0, 0.05) is 17.6 Å². The standard InChI is InChI=1S/C30H32N4OS/c1-6-22-13-11-12-19(2)28(22)33-20(3)18-23(21(33)4)29-27(24-14-9-10-17-31-24)32-30(36)34(29)25-15-7-8-16-26(25)35-5/h7-18,27,29H,6H2,1-5H3,(H,32,36)/t27-,29-/m1/s1. The number of thiocarbonyl (C=S) groups is 1. The second-order valence-corrected chi connectivity index (χ2v) is 9.65. The van der Waals surface area contributed by atoms with Gasteiger partial charge < -0.3 is 19.5 Å². The van der Waals surface area contributed by atoms with Crippen molar-refractivity contribution in [2.75, 3.05) is 12.0 Å². The molecule has 0 bridgehead atoms. The molecule has 1 aliphatic heterocycles. The number of para-hydroxylation sites is 3. The third kappa shape index (κ3) is 3.95. The Labute approximate surface area is 218 Å². The smallest absolute Gasteiger partial charge is 0.174 e. The Kier molecular flexibility index (Phi) is 6.54. The number of ether oxygens (including phenoxy) is 1. The molecule has 1 fully saturated rings. The Morgan fingerprint density at radius 3 is 2.50 bits per heavy atom. The summed E-state index contributed by atoms with van der Waals surface area (Å²) in [6.07, 6.45) is 2.81. The summed E-state index contributed by atoms with van der Waals surface area (Å²) in [6.45, 7) is 8.81. The summed E-state index contributed by atoms with van der Waals surface area (Å²) in [7, 11) is 1.70. The minimum atomic E-state index is -0.111. The molecule has 184 valence electrons. The molecule has 4 aromatic rings. The summed E-state index contributed by atoms with van der Waals surface area (Å²) >= 11 is 5.95. The van der Waals surface area contributed by atoms with Gasteiger partial charge in [-0.15, -0.1) is 0 Å². The van der Waals surface area contributed by atoms with Crippen LogP contribution >= 0.6 is 12.2 Å². The SMILES string of the molecule is CCc1cccc(C)c1-n1c(C)cc([C@@H]2[C@@H](c3ccccn3)NC(=S)N2c2ccccc2OC)c1C.